The second kappa shape index (κ2) is 11.0. The van der Waals surface area contributed by atoms with Gasteiger partial charge in [-0.3, -0.25) is 0 Å². The summed E-state index contributed by atoms with van der Waals surface area (Å²) in [4.78, 5) is 20.2. The summed E-state index contributed by atoms with van der Waals surface area (Å²) in [5.74, 6) is -0.219. The average Bonchev–Trinajstić information content (AvgIpc) is 2.99. The molecule has 158 valence electrons. The molecule has 0 bridgehead atoms. The maximum absolute atomic E-state index is 14.5. The first kappa shape index (κ1) is 24.7. The fraction of sp³-hybridized carbons (Fsp3) is 0.650. The maximum atomic E-state index is 14.5. The number of likely N-dealkylation sites (N-methyl/N-ethyl adjacent to an activating group) is 1. The van der Waals surface area contributed by atoms with E-state index in [0.717, 1.165) is 3.58 Å². The van der Waals surface area contributed by atoms with E-state index in [2.05, 4.69) is 25.2 Å². The smallest absolute Gasteiger partial charge is 0.0410 e. The summed E-state index contributed by atoms with van der Waals surface area (Å²) in [6, 6.07) is 5.22. The second-order valence-corrected chi connectivity index (χ2v) is 22.2. The molecular formula is C20H35FN4O2Sn. The molecule has 1 heterocycles. The minimum atomic E-state index is -2.50. The molecular weight excluding hydrogens is 466 g/mol. The summed E-state index contributed by atoms with van der Waals surface area (Å²) < 4.78 is 20.8. The standard InChI is InChI=1S/C15H20FN4O2.C2H6.3CH3.Sn/c1-4-19(18-17-11(2)3)9-14-10-20(15(21)22-14)13-7-5-6-12(16)8-13;1-2;;;;/h5,7-8,11,14H,4,9-10H2,1-3H3;1-2H3;3*1H3;. The van der Waals surface area contributed by atoms with Crippen LogP contribution in [0.1, 0.15) is 34.6 Å². The van der Waals surface area contributed by atoms with E-state index in [1.165, 1.54) is 11.0 Å². The zero-order valence-corrected chi connectivity index (χ0v) is 21.3. The molecule has 0 aliphatic carbocycles. The number of amides is 1. The molecule has 6 nitrogen and oxygen atoms in total. The van der Waals surface area contributed by atoms with E-state index in [4.69, 9.17) is 4.74 Å². The predicted octanol–water partition coefficient (Wildman–Crippen LogP) is 4.82. The van der Waals surface area contributed by atoms with Gasteiger partial charge in [-0.25, -0.2) is 0 Å². The van der Waals surface area contributed by atoms with E-state index in [-0.39, 0.29) is 18.0 Å². The Morgan fingerprint density at radius 2 is 1.96 bits per heavy atom. The van der Waals surface area contributed by atoms with Gasteiger partial charge in [0, 0.05) is 0 Å². The van der Waals surface area contributed by atoms with Crippen LogP contribution in [0.25, 0.3) is 0 Å². The summed E-state index contributed by atoms with van der Waals surface area (Å²) in [5, 5.41) is 10.1. The van der Waals surface area contributed by atoms with Crippen LogP contribution in [0, 0.1) is 5.82 Å². The van der Waals surface area contributed by atoms with Crippen molar-refractivity contribution in [2.75, 3.05) is 24.5 Å². The molecule has 0 N–H and O–H groups in total. The van der Waals surface area contributed by atoms with Crippen LogP contribution in [0.4, 0.5) is 14.9 Å². The molecule has 1 fully saturated rings. The number of cyclic esters (lactones) is 1. The minimum absolute atomic E-state index is 0.112. The van der Waals surface area contributed by atoms with Crippen LogP contribution in [0.5, 0.6) is 0 Å². The first-order chi connectivity index (χ1) is 13.1. The number of anilines is 1. The summed E-state index contributed by atoms with van der Waals surface area (Å²) in [7, 11) is 0. The van der Waals surface area contributed by atoms with Crippen molar-refractivity contribution in [3.63, 3.8) is 0 Å². The van der Waals surface area contributed by atoms with Crippen LogP contribution in [0.3, 0.4) is 0 Å². The van der Waals surface area contributed by atoms with Crippen molar-refractivity contribution >= 4 is 33.7 Å². The Balaban J connectivity index is 0.00000190. The molecule has 0 spiro atoms. The first-order valence-corrected chi connectivity index (χ1v) is 20.0. The van der Waals surface area contributed by atoms with Crippen LogP contribution in [-0.4, -0.2) is 61.3 Å². The molecule has 1 aromatic carbocycles. The van der Waals surface area contributed by atoms with Crippen molar-refractivity contribution < 1.29 is 13.9 Å². The van der Waals surface area contributed by atoms with Crippen LogP contribution in [0.2, 0.25) is 14.8 Å². The molecule has 0 radical (unpaired) electrons. The van der Waals surface area contributed by atoms with Crippen molar-refractivity contribution in [2.24, 2.45) is 10.3 Å². The second-order valence-electron chi connectivity index (χ2n) is 7.83. The number of ether oxygens (including phenoxy) is 1. The Morgan fingerprint density at radius 3 is 2.46 bits per heavy atom. The third-order valence-corrected chi connectivity index (χ3v) is 9.90. The van der Waals surface area contributed by atoms with Gasteiger partial charge in [0.1, 0.15) is 0 Å². The number of nitrogens with zero attached hydrogens (tertiary/aromatic N) is 4. The Morgan fingerprint density at radius 1 is 1.32 bits per heavy atom. The van der Waals surface area contributed by atoms with Crippen LogP contribution < -0.4 is 8.48 Å². The van der Waals surface area contributed by atoms with Gasteiger partial charge in [-0.15, -0.1) is 0 Å². The normalized spacial score (nSPS) is 17.0. The molecule has 0 aromatic heterocycles. The Labute approximate surface area is 173 Å². The van der Waals surface area contributed by atoms with E-state index in [9.17, 15) is 9.18 Å². The minimum Gasteiger partial charge on any atom is -0.0410 e. The summed E-state index contributed by atoms with van der Waals surface area (Å²) in [6.45, 7) is 11.4. The SMILES string of the molecule is CC.CCN(CC1CN(c2cc[c]([Sn]([CH3])([CH3])[CH3])c(F)c2)C(=O)O1)N=NC(C)C. The molecule has 1 aromatic rings. The van der Waals surface area contributed by atoms with Gasteiger partial charge in [0.2, 0.25) is 0 Å². The predicted molar refractivity (Wildman–Crippen MR) is 116 cm³/mol. The van der Waals surface area contributed by atoms with Gasteiger partial charge in [0.05, 0.1) is 0 Å². The zero-order valence-electron chi connectivity index (χ0n) is 18.5. The molecule has 1 atom stereocenters. The summed E-state index contributed by atoms with van der Waals surface area (Å²) >= 11 is -2.50. The van der Waals surface area contributed by atoms with E-state index in [1.807, 2.05) is 46.8 Å². The zero-order chi connectivity index (χ0) is 21.5. The Kier molecular flexibility index (Phi) is 9.66. The number of benzene rings is 1. The summed E-state index contributed by atoms with van der Waals surface area (Å²) in [6.07, 6.45) is -0.767. The molecule has 1 unspecified atom stereocenters. The molecule has 1 saturated heterocycles. The van der Waals surface area contributed by atoms with E-state index >= 15 is 0 Å². The van der Waals surface area contributed by atoms with Crippen molar-refractivity contribution in [1.82, 2.24) is 5.01 Å². The fourth-order valence-electron chi connectivity index (χ4n) is 2.75. The quantitative estimate of drug-likeness (QED) is 0.306. The Bertz CT molecular complexity index is 677. The van der Waals surface area contributed by atoms with Gasteiger partial charge in [0.25, 0.3) is 0 Å². The van der Waals surface area contributed by atoms with Gasteiger partial charge < -0.3 is 0 Å². The molecule has 8 heteroatoms. The van der Waals surface area contributed by atoms with Gasteiger partial charge in [-0.1, -0.05) is 13.8 Å². The fourth-order valence-corrected chi connectivity index (χ4v) is 6.66. The first-order valence-electron chi connectivity index (χ1n) is 10.1. The number of carbonyl (C=O) groups is 1. The molecule has 1 amide bonds. The average molecular weight is 501 g/mol. The van der Waals surface area contributed by atoms with Gasteiger partial charge in [0.15, 0.2) is 0 Å². The molecule has 2 rings (SSSR count). The summed E-state index contributed by atoms with van der Waals surface area (Å²) in [5.41, 5.74) is 0.543. The molecule has 28 heavy (non-hydrogen) atoms. The van der Waals surface area contributed by atoms with Crippen molar-refractivity contribution in [2.45, 2.75) is 61.6 Å². The third kappa shape index (κ3) is 6.90. The molecule has 1 aliphatic rings. The van der Waals surface area contributed by atoms with Gasteiger partial charge in [-0.2, -0.15) is 0 Å². The van der Waals surface area contributed by atoms with Crippen molar-refractivity contribution in [3.8, 4) is 0 Å². The number of rotatable bonds is 7. The molecule has 1 aliphatic heterocycles. The van der Waals surface area contributed by atoms with Crippen LogP contribution >= 0.6 is 0 Å². The van der Waals surface area contributed by atoms with E-state index in [0.29, 0.717) is 25.3 Å². The number of halogens is 1. The van der Waals surface area contributed by atoms with Crippen LogP contribution in [0.15, 0.2) is 28.5 Å². The van der Waals surface area contributed by atoms with Crippen molar-refractivity contribution in [3.05, 3.63) is 24.0 Å². The third-order valence-electron chi connectivity index (χ3n) is 4.13. The topological polar surface area (TPSA) is 57.5 Å². The van der Waals surface area contributed by atoms with Crippen LogP contribution in [-0.2, 0) is 4.74 Å². The van der Waals surface area contributed by atoms with E-state index < -0.39 is 24.5 Å². The van der Waals surface area contributed by atoms with Gasteiger partial charge >= 0.3 is 145 Å². The monoisotopic (exact) mass is 502 g/mol. The van der Waals surface area contributed by atoms with Gasteiger partial charge in [-0.05, 0) is 13.8 Å². The molecule has 0 saturated carbocycles. The van der Waals surface area contributed by atoms with E-state index in [1.54, 1.807) is 5.01 Å². The van der Waals surface area contributed by atoms with Crippen molar-refractivity contribution in [1.29, 1.82) is 0 Å². The Hall–Kier alpha value is -1.38. The number of hydrogen-bond donors (Lipinski definition) is 0. The number of hydrogen-bond acceptors (Lipinski definition) is 4. The number of carbonyl (C=O) groups excluding carboxylic acids is 1.